The molecule has 0 amide bonds. The van der Waals surface area contributed by atoms with Crippen molar-refractivity contribution in [2.75, 3.05) is 0 Å². The van der Waals surface area contributed by atoms with Crippen LogP contribution in [-0.4, -0.2) is 17.5 Å². The van der Waals surface area contributed by atoms with Gasteiger partial charge in [-0.3, -0.25) is 0 Å². The predicted octanol–water partition coefficient (Wildman–Crippen LogP) is 5.38. The summed E-state index contributed by atoms with van der Waals surface area (Å²) < 4.78 is 40.9. The second-order valence-electron chi connectivity index (χ2n) is 6.09. The Morgan fingerprint density at radius 2 is 2.00 bits per heavy atom. The van der Waals surface area contributed by atoms with E-state index in [0.29, 0.717) is 18.1 Å². The molecule has 3 unspecified atom stereocenters. The summed E-state index contributed by atoms with van der Waals surface area (Å²) in [5, 5.41) is 5.87. The fourth-order valence-corrected chi connectivity index (χ4v) is 6.05. The molecule has 1 aliphatic heterocycles. The van der Waals surface area contributed by atoms with Crippen LogP contribution in [0.3, 0.4) is 0 Å². The summed E-state index contributed by atoms with van der Waals surface area (Å²) in [6.45, 7) is 2.16. The SMILES string of the molecule is C[C@H]1CC(NC2CCCCC2C(F)(F)F)c2ccsc2S1. The van der Waals surface area contributed by atoms with Gasteiger partial charge in [-0.25, -0.2) is 0 Å². The van der Waals surface area contributed by atoms with Gasteiger partial charge in [-0.2, -0.15) is 13.2 Å². The Kier molecular flexibility index (Phi) is 4.58. The largest absolute Gasteiger partial charge is 0.393 e. The first-order valence-corrected chi connectivity index (χ1v) is 9.28. The zero-order valence-corrected chi connectivity index (χ0v) is 13.6. The molecule has 118 valence electrons. The molecule has 0 spiro atoms. The summed E-state index contributed by atoms with van der Waals surface area (Å²) in [5.41, 5.74) is 1.20. The van der Waals surface area contributed by atoms with Crippen LogP contribution in [0.1, 0.15) is 50.6 Å². The fourth-order valence-electron chi connectivity index (χ4n) is 3.49. The summed E-state index contributed by atoms with van der Waals surface area (Å²) >= 11 is 3.55. The third kappa shape index (κ3) is 3.42. The summed E-state index contributed by atoms with van der Waals surface area (Å²) in [4.78, 5) is 0. The van der Waals surface area contributed by atoms with E-state index in [-0.39, 0.29) is 12.5 Å². The van der Waals surface area contributed by atoms with E-state index in [0.717, 1.165) is 12.8 Å². The number of hydrogen-bond acceptors (Lipinski definition) is 3. The van der Waals surface area contributed by atoms with Gasteiger partial charge < -0.3 is 5.32 Å². The van der Waals surface area contributed by atoms with Crippen LogP contribution in [0.2, 0.25) is 0 Å². The van der Waals surface area contributed by atoms with Crippen LogP contribution < -0.4 is 5.32 Å². The second kappa shape index (κ2) is 6.13. The van der Waals surface area contributed by atoms with Gasteiger partial charge in [0.05, 0.1) is 10.1 Å². The summed E-state index contributed by atoms with van der Waals surface area (Å²) in [6.07, 6.45) is -0.656. The van der Waals surface area contributed by atoms with Crippen LogP contribution in [0.5, 0.6) is 0 Å². The molecule has 6 heteroatoms. The van der Waals surface area contributed by atoms with Crippen molar-refractivity contribution in [1.82, 2.24) is 5.32 Å². The highest BCUT2D eigenvalue weighted by molar-refractivity contribution is 8.01. The van der Waals surface area contributed by atoms with E-state index in [9.17, 15) is 13.2 Å². The molecule has 0 radical (unpaired) electrons. The molecule has 1 fully saturated rings. The third-order valence-corrected chi connectivity index (χ3v) is 6.86. The number of hydrogen-bond donors (Lipinski definition) is 1. The molecule has 2 aliphatic rings. The number of fused-ring (bicyclic) bond motifs is 1. The van der Waals surface area contributed by atoms with Crippen molar-refractivity contribution in [1.29, 1.82) is 0 Å². The maximum absolute atomic E-state index is 13.2. The molecule has 0 saturated heterocycles. The van der Waals surface area contributed by atoms with Gasteiger partial charge in [0.25, 0.3) is 0 Å². The Morgan fingerprint density at radius 3 is 2.76 bits per heavy atom. The summed E-state index contributed by atoms with van der Waals surface area (Å²) in [6, 6.07) is 1.73. The quantitative estimate of drug-likeness (QED) is 0.778. The van der Waals surface area contributed by atoms with Gasteiger partial charge in [-0.05, 0) is 36.3 Å². The van der Waals surface area contributed by atoms with E-state index in [1.807, 2.05) is 17.1 Å². The minimum atomic E-state index is -4.08. The third-order valence-electron chi connectivity index (χ3n) is 4.51. The van der Waals surface area contributed by atoms with Gasteiger partial charge in [0, 0.05) is 17.3 Å². The topological polar surface area (TPSA) is 12.0 Å². The Balaban J connectivity index is 1.76. The molecule has 1 N–H and O–H groups in total. The van der Waals surface area contributed by atoms with Crippen LogP contribution in [0, 0.1) is 5.92 Å². The first-order valence-electron chi connectivity index (χ1n) is 7.52. The minimum absolute atomic E-state index is 0.0791. The molecule has 2 heterocycles. The van der Waals surface area contributed by atoms with E-state index in [4.69, 9.17) is 0 Å². The molecule has 1 nitrogen and oxygen atoms in total. The van der Waals surface area contributed by atoms with Crippen molar-refractivity contribution in [2.45, 2.75) is 66.7 Å². The molecule has 21 heavy (non-hydrogen) atoms. The molecule has 0 aromatic carbocycles. The average molecular weight is 335 g/mol. The number of thioether (sulfide) groups is 1. The fraction of sp³-hybridized carbons (Fsp3) is 0.733. The normalized spacial score (nSPS) is 33.7. The zero-order chi connectivity index (χ0) is 15.0. The highest BCUT2D eigenvalue weighted by Gasteiger charge is 2.46. The van der Waals surface area contributed by atoms with Crippen molar-refractivity contribution in [3.05, 3.63) is 17.0 Å². The Bertz CT molecular complexity index is 486. The number of thiophene rings is 1. The van der Waals surface area contributed by atoms with Crippen LogP contribution in [0.25, 0.3) is 0 Å². The standard InChI is InChI=1S/C15H20F3NS2/c1-9-8-13(10-6-7-20-14(10)21-9)19-12-5-3-2-4-11(12)15(16,17)18/h6-7,9,11-13,19H,2-5,8H2,1H3/t9-,11?,12?,13?/m0/s1. The number of alkyl halides is 3. The molecule has 1 aliphatic carbocycles. The number of nitrogens with one attached hydrogen (secondary N) is 1. The van der Waals surface area contributed by atoms with Gasteiger partial charge in [0.2, 0.25) is 0 Å². The van der Waals surface area contributed by atoms with Crippen molar-refractivity contribution < 1.29 is 13.2 Å². The van der Waals surface area contributed by atoms with Crippen molar-refractivity contribution in [3.8, 4) is 0 Å². The van der Waals surface area contributed by atoms with E-state index < -0.39 is 18.1 Å². The number of rotatable bonds is 2. The lowest BCUT2D eigenvalue weighted by atomic mass is 9.83. The Morgan fingerprint density at radius 1 is 1.24 bits per heavy atom. The van der Waals surface area contributed by atoms with E-state index in [1.54, 1.807) is 11.3 Å². The maximum Gasteiger partial charge on any atom is 0.393 e. The lowest BCUT2D eigenvalue weighted by molar-refractivity contribution is -0.189. The van der Waals surface area contributed by atoms with Gasteiger partial charge in [0.15, 0.2) is 0 Å². The first kappa shape index (κ1) is 15.7. The lowest BCUT2D eigenvalue weighted by Gasteiger charge is -2.38. The van der Waals surface area contributed by atoms with Gasteiger partial charge in [-0.1, -0.05) is 19.8 Å². The molecule has 4 atom stereocenters. The zero-order valence-electron chi connectivity index (χ0n) is 12.0. The van der Waals surface area contributed by atoms with E-state index in [1.165, 1.54) is 9.77 Å². The monoisotopic (exact) mass is 335 g/mol. The molecule has 1 aromatic rings. The van der Waals surface area contributed by atoms with Gasteiger partial charge in [0.1, 0.15) is 0 Å². The second-order valence-corrected chi connectivity index (χ2v) is 8.71. The number of halogens is 3. The van der Waals surface area contributed by atoms with Gasteiger partial charge >= 0.3 is 6.18 Å². The van der Waals surface area contributed by atoms with Gasteiger partial charge in [-0.15, -0.1) is 23.1 Å². The van der Waals surface area contributed by atoms with Crippen LogP contribution in [0.4, 0.5) is 13.2 Å². The highest BCUT2D eigenvalue weighted by atomic mass is 32.2. The van der Waals surface area contributed by atoms with E-state index >= 15 is 0 Å². The van der Waals surface area contributed by atoms with Crippen molar-refractivity contribution >= 4 is 23.1 Å². The van der Waals surface area contributed by atoms with E-state index in [2.05, 4.69) is 18.3 Å². The van der Waals surface area contributed by atoms with Crippen LogP contribution in [0.15, 0.2) is 15.7 Å². The van der Waals surface area contributed by atoms with Crippen molar-refractivity contribution in [2.24, 2.45) is 5.92 Å². The average Bonchev–Trinajstić information content (AvgIpc) is 2.86. The lowest BCUT2D eigenvalue weighted by Crippen LogP contribution is -2.47. The minimum Gasteiger partial charge on any atom is -0.306 e. The van der Waals surface area contributed by atoms with Crippen LogP contribution >= 0.6 is 23.1 Å². The first-order chi connectivity index (χ1) is 9.95. The molecule has 3 rings (SSSR count). The summed E-state index contributed by atoms with van der Waals surface area (Å²) in [5.74, 6) is -1.18. The summed E-state index contributed by atoms with van der Waals surface area (Å²) in [7, 11) is 0. The predicted molar refractivity (Wildman–Crippen MR) is 81.9 cm³/mol. The smallest absolute Gasteiger partial charge is 0.306 e. The van der Waals surface area contributed by atoms with Crippen LogP contribution in [-0.2, 0) is 0 Å². The van der Waals surface area contributed by atoms with Crippen molar-refractivity contribution in [3.63, 3.8) is 0 Å². The molecular formula is C15H20F3NS2. The molecule has 0 bridgehead atoms. The Hall–Kier alpha value is -0.200. The Labute approximate surface area is 131 Å². The highest BCUT2D eigenvalue weighted by Crippen LogP contribution is 2.45. The molecule has 1 saturated carbocycles. The molecular weight excluding hydrogens is 315 g/mol. The maximum atomic E-state index is 13.2. The molecule has 1 aromatic heterocycles.